The fraction of sp³-hybridized carbons (Fsp3) is 0.467. The van der Waals surface area contributed by atoms with Crippen molar-refractivity contribution in [1.29, 1.82) is 0 Å². The Bertz CT molecular complexity index is 751. The standard InChI is InChI=1S/C15H20N2O3S/c1-10-3-2-4-12-8-14(20-15(10)12)13(17-16)7-11-5-6-21(18,19)9-11/h2-4,8,11,13,17H,5-7,9,16H2,1H3. The fourth-order valence-corrected chi connectivity index (χ4v) is 4.94. The summed E-state index contributed by atoms with van der Waals surface area (Å²) in [6.45, 7) is 2.00. The smallest absolute Gasteiger partial charge is 0.150 e. The van der Waals surface area contributed by atoms with E-state index in [1.54, 1.807) is 0 Å². The maximum absolute atomic E-state index is 11.6. The number of nitrogens with one attached hydrogen (secondary N) is 1. The van der Waals surface area contributed by atoms with E-state index in [-0.39, 0.29) is 23.5 Å². The Morgan fingerprint density at radius 2 is 2.29 bits per heavy atom. The molecule has 0 aliphatic carbocycles. The van der Waals surface area contributed by atoms with Crippen molar-refractivity contribution >= 4 is 20.8 Å². The first kappa shape index (κ1) is 14.6. The van der Waals surface area contributed by atoms with Crippen LogP contribution < -0.4 is 11.3 Å². The van der Waals surface area contributed by atoms with Gasteiger partial charge in [0.15, 0.2) is 9.84 Å². The predicted octanol–water partition coefficient (Wildman–Crippen LogP) is 2.07. The number of aryl methyl sites for hydroxylation is 1. The Morgan fingerprint density at radius 1 is 1.48 bits per heavy atom. The maximum Gasteiger partial charge on any atom is 0.150 e. The third-order valence-electron chi connectivity index (χ3n) is 4.20. The number of fused-ring (bicyclic) bond motifs is 1. The van der Waals surface area contributed by atoms with Crippen molar-refractivity contribution in [2.24, 2.45) is 11.8 Å². The van der Waals surface area contributed by atoms with Crippen molar-refractivity contribution < 1.29 is 12.8 Å². The van der Waals surface area contributed by atoms with E-state index in [9.17, 15) is 8.42 Å². The van der Waals surface area contributed by atoms with Gasteiger partial charge in [0.1, 0.15) is 11.3 Å². The van der Waals surface area contributed by atoms with Crippen LogP contribution in [0.2, 0.25) is 0 Å². The molecule has 1 aromatic carbocycles. The maximum atomic E-state index is 11.6. The molecule has 1 aliphatic heterocycles. The molecule has 1 aromatic heterocycles. The van der Waals surface area contributed by atoms with Gasteiger partial charge in [-0.1, -0.05) is 18.2 Å². The summed E-state index contributed by atoms with van der Waals surface area (Å²) in [5, 5.41) is 1.05. The molecule has 0 radical (unpaired) electrons. The zero-order valence-corrected chi connectivity index (χ0v) is 12.8. The summed E-state index contributed by atoms with van der Waals surface area (Å²) in [5.41, 5.74) is 4.71. The lowest BCUT2D eigenvalue weighted by Gasteiger charge is -2.16. The molecule has 3 N–H and O–H groups in total. The van der Waals surface area contributed by atoms with Crippen molar-refractivity contribution in [2.45, 2.75) is 25.8 Å². The van der Waals surface area contributed by atoms with Gasteiger partial charge in [0.2, 0.25) is 0 Å². The van der Waals surface area contributed by atoms with Crippen LogP contribution in [-0.4, -0.2) is 19.9 Å². The monoisotopic (exact) mass is 308 g/mol. The lowest BCUT2D eigenvalue weighted by atomic mass is 9.98. The van der Waals surface area contributed by atoms with E-state index in [1.165, 1.54) is 0 Å². The van der Waals surface area contributed by atoms with E-state index >= 15 is 0 Å². The third kappa shape index (κ3) is 2.97. The highest BCUT2D eigenvalue weighted by molar-refractivity contribution is 7.91. The van der Waals surface area contributed by atoms with Gasteiger partial charge in [-0.25, -0.2) is 13.8 Å². The number of furan rings is 1. The SMILES string of the molecule is Cc1cccc2cc(C(CC3CCS(=O)(=O)C3)NN)oc12. The molecular weight excluding hydrogens is 288 g/mol. The van der Waals surface area contributed by atoms with Crippen LogP contribution in [0.15, 0.2) is 28.7 Å². The number of hydrogen-bond donors (Lipinski definition) is 2. The minimum absolute atomic E-state index is 0.144. The molecule has 1 aliphatic rings. The number of nitrogens with two attached hydrogens (primary N) is 1. The number of rotatable bonds is 4. The van der Waals surface area contributed by atoms with E-state index in [1.807, 2.05) is 31.2 Å². The van der Waals surface area contributed by atoms with Crippen LogP contribution in [0.1, 0.15) is 30.2 Å². The van der Waals surface area contributed by atoms with E-state index in [4.69, 9.17) is 10.3 Å². The first-order valence-corrected chi connectivity index (χ1v) is 8.96. The van der Waals surface area contributed by atoms with Crippen LogP contribution in [0.3, 0.4) is 0 Å². The van der Waals surface area contributed by atoms with E-state index in [2.05, 4.69) is 5.43 Å². The van der Waals surface area contributed by atoms with Crippen molar-refractivity contribution in [3.8, 4) is 0 Å². The molecule has 2 atom stereocenters. The van der Waals surface area contributed by atoms with Gasteiger partial charge in [0.05, 0.1) is 17.5 Å². The normalized spacial score (nSPS) is 22.7. The summed E-state index contributed by atoms with van der Waals surface area (Å²) < 4.78 is 29.0. The van der Waals surface area contributed by atoms with Crippen LogP contribution in [0.5, 0.6) is 0 Å². The van der Waals surface area contributed by atoms with Gasteiger partial charge in [0, 0.05) is 5.39 Å². The first-order chi connectivity index (χ1) is 9.98. The molecule has 21 heavy (non-hydrogen) atoms. The van der Waals surface area contributed by atoms with Crippen LogP contribution in [0, 0.1) is 12.8 Å². The number of hydrogen-bond acceptors (Lipinski definition) is 5. The van der Waals surface area contributed by atoms with Crippen molar-refractivity contribution in [1.82, 2.24) is 5.43 Å². The van der Waals surface area contributed by atoms with Gasteiger partial charge >= 0.3 is 0 Å². The average molecular weight is 308 g/mol. The molecule has 3 rings (SSSR count). The number of benzene rings is 1. The summed E-state index contributed by atoms with van der Waals surface area (Å²) in [6, 6.07) is 7.82. The largest absolute Gasteiger partial charge is 0.459 e. The molecule has 1 fully saturated rings. The molecule has 2 unspecified atom stereocenters. The van der Waals surface area contributed by atoms with Gasteiger partial charge in [-0.3, -0.25) is 5.84 Å². The van der Waals surface area contributed by atoms with Gasteiger partial charge in [-0.2, -0.15) is 0 Å². The van der Waals surface area contributed by atoms with Gasteiger partial charge in [-0.15, -0.1) is 0 Å². The molecule has 1 saturated heterocycles. The molecule has 114 valence electrons. The van der Waals surface area contributed by atoms with E-state index < -0.39 is 9.84 Å². The summed E-state index contributed by atoms with van der Waals surface area (Å²) in [5.74, 6) is 7.10. The quantitative estimate of drug-likeness (QED) is 0.667. The molecule has 5 nitrogen and oxygen atoms in total. The van der Waals surface area contributed by atoms with Crippen LogP contribution in [0.25, 0.3) is 11.0 Å². The molecule has 0 bridgehead atoms. The molecule has 6 heteroatoms. The average Bonchev–Trinajstić information content (AvgIpc) is 3.00. The van der Waals surface area contributed by atoms with Crippen molar-refractivity contribution in [3.63, 3.8) is 0 Å². The highest BCUT2D eigenvalue weighted by atomic mass is 32.2. The zero-order valence-electron chi connectivity index (χ0n) is 12.0. The molecule has 2 heterocycles. The summed E-state index contributed by atoms with van der Waals surface area (Å²) >= 11 is 0. The highest BCUT2D eigenvalue weighted by Crippen LogP contribution is 2.32. The minimum atomic E-state index is -2.86. The van der Waals surface area contributed by atoms with Gasteiger partial charge in [-0.05, 0) is 37.3 Å². The Labute approximate surface area is 124 Å². The van der Waals surface area contributed by atoms with Gasteiger partial charge in [0.25, 0.3) is 0 Å². The summed E-state index contributed by atoms with van der Waals surface area (Å²) in [6.07, 6.45) is 1.38. The highest BCUT2D eigenvalue weighted by Gasteiger charge is 2.30. The van der Waals surface area contributed by atoms with Crippen molar-refractivity contribution in [2.75, 3.05) is 11.5 Å². The second-order valence-electron chi connectivity index (χ2n) is 5.87. The van der Waals surface area contributed by atoms with Gasteiger partial charge < -0.3 is 4.42 Å². The second kappa shape index (κ2) is 5.44. The van der Waals surface area contributed by atoms with Crippen LogP contribution in [0.4, 0.5) is 0 Å². The van der Waals surface area contributed by atoms with E-state index in [0.29, 0.717) is 12.8 Å². The zero-order chi connectivity index (χ0) is 15.0. The number of sulfone groups is 1. The fourth-order valence-electron chi connectivity index (χ4n) is 3.06. The Balaban J connectivity index is 1.83. The Hall–Kier alpha value is -1.37. The molecule has 0 saturated carbocycles. The molecule has 0 amide bonds. The number of hydrazine groups is 1. The molecular formula is C15H20N2O3S. The predicted molar refractivity (Wildman–Crippen MR) is 82.4 cm³/mol. The topological polar surface area (TPSA) is 85.3 Å². The minimum Gasteiger partial charge on any atom is -0.459 e. The Kier molecular flexibility index (Phi) is 3.77. The summed E-state index contributed by atoms with van der Waals surface area (Å²) in [4.78, 5) is 0. The lowest BCUT2D eigenvalue weighted by molar-refractivity contribution is 0.366. The van der Waals surface area contributed by atoms with Crippen LogP contribution >= 0.6 is 0 Å². The van der Waals surface area contributed by atoms with Crippen LogP contribution in [-0.2, 0) is 9.84 Å². The van der Waals surface area contributed by atoms with E-state index in [0.717, 1.165) is 22.3 Å². The molecule has 0 spiro atoms. The summed E-state index contributed by atoms with van der Waals surface area (Å²) in [7, 11) is -2.86. The second-order valence-corrected chi connectivity index (χ2v) is 8.09. The first-order valence-electron chi connectivity index (χ1n) is 7.14. The third-order valence-corrected chi connectivity index (χ3v) is 6.04. The Morgan fingerprint density at radius 3 is 2.90 bits per heavy atom. The van der Waals surface area contributed by atoms with Crippen molar-refractivity contribution in [3.05, 3.63) is 35.6 Å². The lowest BCUT2D eigenvalue weighted by Crippen LogP contribution is -2.29. The molecule has 2 aromatic rings. The number of para-hydroxylation sites is 1.